The van der Waals surface area contributed by atoms with Gasteiger partial charge in [-0.25, -0.2) is 0 Å². The van der Waals surface area contributed by atoms with Crippen molar-refractivity contribution in [2.24, 2.45) is 0 Å². The van der Waals surface area contributed by atoms with Crippen LogP contribution in [-0.4, -0.2) is 11.8 Å². The smallest absolute Gasteiger partial charge is 0.291 e. The molecule has 2 N–H and O–H groups in total. The molecule has 3 rings (SSSR count). The quantitative estimate of drug-likeness (QED) is 0.737. The third-order valence-corrected chi connectivity index (χ3v) is 3.58. The molecule has 2 amide bonds. The summed E-state index contributed by atoms with van der Waals surface area (Å²) >= 11 is 6.12. The largest absolute Gasteiger partial charge is 0.459 e. The molecule has 24 heavy (non-hydrogen) atoms. The normalized spacial score (nSPS) is 10.2. The molecule has 0 fully saturated rings. The highest BCUT2D eigenvalue weighted by Gasteiger charge is 2.12. The van der Waals surface area contributed by atoms with E-state index in [1.165, 1.54) is 6.26 Å². The molecule has 0 radical (unpaired) electrons. The highest BCUT2D eigenvalue weighted by Crippen LogP contribution is 2.26. The fraction of sp³-hybridized carbons (Fsp3) is 0. The Morgan fingerprint density at radius 2 is 1.67 bits per heavy atom. The summed E-state index contributed by atoms with van der Waals surface area (Å²) in [6, 6.07) is 16.8. The first kappa shape index (κ1) is 15.8. The number of rotatable bonds is 4. The maximum absolute atomic E-state index is 12.2. The summed E-state index contributed by atoms with van der Waals surface area (Å²) in [6.45, 7) is 0. The Hall–Kier alpha value is -3.05. The van der Waals surface area contributed by atoms with E-state index in [0.717, 1.165) is 0 Å². The van der Waals surface area contributed by atoms with Crippen molar-refractivity contribution < 1.29 is 14.0 Å². The van der Waals surface area contributed by atoms with Crippen LogP contribution in [0.2, 0.25) is 5.02 Å². The van der Waals surface area contributed by atoms with E-state index in [0.29, 0.717) is 22.0 Å². The molecule has 0 saturated carbocycles. The van der Waals surface area contributed by atoms with E-state index in [1.54, 1.807) is 54.6 Å². The molecule has 1 heterocycles. The van der Waals surface area contributed by atoms with Gasteiger partial charge in [0.05, 0.1) is 17.0 Å². The average Bonchev–Trinajstić information content (AvgIpc) is 3.13. The summed E-state index contributed by atoms with van der Waals surface area (Å²) in [5, 5.41) is 5.78. The van der Waals surface area contributed by atoms with Crippen molar-refractivity contribution in [3.05, 3.63) is 83.3 Å². The van der Waals surface area contributed by atoms with E-state index in [1.807, 2.05) is 6.07 Å². The van der Waals surface area contributed by atoms with Crippen LogP contribution < -0.4 is 10.6 Å². The summed E-state index contributed by atoms with van der Waals surface area (Å²) in [5.74, 6) is -0.477. The summed E-state index contributed by atoms with van der Waals surface area (Å²) in [4.78, 5) is 24.2. The molecule has 0 unspecified atom stereocenters. The molecule has 3 aromatic rings. The molecular formula is C18H13ClN2O3. The van der Waals surface area contributed by atoms with Gasteiger partial charge in [0, 0.05) is 11.3 Å². The molecule has 0 saturated heterocycles. The lowest BCUT2D eigenvalue weighted by Gasteiger charge is -2.10. The zero-order valence-corrected chi connectivity index (χ0v) is 13.2. The number of nitrogens with one attached hydrogen (secondary N) is 2. The van der Waals surface area contributed by atoms with E-state index in [2.05, 4.69) is 10.6 Å². The van der Waals surface area contributed by atoms with Crippen LogP contribution in [0.4, 0.5) is 11.4 Å². The second-order valence-electron chi connectivity index (χ2n) is 4.95. The number of hydrogen-bond acceptors (Lipinski definition) is 3. The SMILES string of the molecule is O=C(Nc1cc(NC(=O)c2ccco2)ccc1Cl)c1ccccc1. The van der Waals surface area contributed by atoms with Crippen molar-refractivity contribution >= 4 is 34.8 Å². The van der Waals surface area contributed by atoms with E-state index < -0.39 is 0 Å². The van der Waals surface area contributed by atoms with Crippen molar-refractivity contribution in [2.45, 2.75) is 0 Å². The number of benzene rings is 2. The van der Waals surface area contributed by atoms with Crippen LogP contribution in [0.15, 0.2) is 71.3 Å². The van der Waals surface area contributed by atoms with Crippen molar-refractivity contribution in [3.8, 4) is 0 Å². The van der Waals surface area contributed by atoms with Crippen LogP contribution in [0.5, 0.6) is 0 Å². The maximum Gasteiger partial charge on any atom is 0.291 e. The molecular weight excluding hydrogens is 328 g/mol. The minimum absolute atomic E-state index is 0.194. The van der Waals surface area contributed by atoms with Gasteiger partial charge in [0.15, 0.2) is 5.76 Å². The molecule has 0 atom stereocenters. The molecule has 0 aliphatic heterocycles. The molecule has 0 bridgehead atoms. The molecule has 0 spiro atoms. The zero-order valence-electron chi connectivity index (χ0n) is 12.5. The van der Waals surface area contributed by atoms with Crippen LogP contribution >= 0.6 is 11.6 Å². The summed E-state index contributed by atoms with van der Waals surface area (Å²) in [7, 11) is 0. The average molecular weight is 341 g/mol. The van der Waals surface area contributed by atoms with Gasteiger partial charge < -0.3 is 15.1 Å². The first-order valence-electron chi connectivity index (χ1n) is 7.14. The molecule has 120 valence electrons. The maximum atomic E-state index is 12.2. The van der Waals surface area contributed by atoms with Gasteiger partial charge in [-0.3, -0.25) is 9.59 Å². The van der Waals surface area contributed by atoms with Crippen molar-refractivity contribution in [1.29, 1.82) is 0 Å². The molecule has 1 aromatic heterocycles. The van der Waals surface area contributed by atoms with E-state index in [-0.39, 0.29) is 17.6 Å². The number of halogens is 1. The van der Waals surface area contributed by atoms with Crippen LogP contribution in [0.1, 0.15) is 20.9 Å². The standard InChI is InChI=1S/C18H13ClN2O3/c19-14-9-8-13(20-18(23)16-7-4-10-24-16)11-15(14)21-17(22)12-5-2-1-3-6-12/h1-11H,(H,20,23)(H,21,22). The number of carbonyl (C=O) groups is 2. The highest BCUT2D eigenvalue weighted by atomic mass is 35.5. The Morgan fingerprint density at radius 3 is 2.38 bits per heavy atom. The predicted octanol–water partition coefficient (Wildman–Crippen LogP) is 4.44. The van der Waals surface area contributed by atoms with Crippen LogP contribution in [0, 0.1) is 0 Å². The second kappa shape index (κ2) is 7.02. The fourth-order valence-corrected chi connectivity index (χ4v) is 2.25. The van der Waals surface area contributed by atoms with Gasteiger partial charge in [0.2, 0.25) is 0 Å². The predicted molar refractivity (Wildman–Crippen MR) is 92.5 cm³/mol. The first-order chi connectivity index (χ1) is 11.6. The highest BCUT2D eigenvalue weighted by molar-refractivity contribution is 6.34. The lowest BCUT2D eigenvalue weighted by atomic mass is 10.2. The number of amides is 2. The Balaban J connectivity index is 1.77. The van der Waals surface area contributed by atoms with Crippen molar-refractivity contribution in [3.63, 3.8) is 0 Å². The number of carbonyl (C=O) groups excluding carboxylic acids is 2. The molecule has 0 aliphatic rings. The van der Waals surface area contributed by atoms with E-state index >= 15 is 0 Å². The summed E-state index contributed by atoms with van der Waals surface area (Å²) in [5.41, 5.74) is 1.41. The van der Waals surface area contributed by atoms with Crippen LogP contribution in [-0.2, 0) is 0 Å². The summed E-state index contributed by atoms with van der Waals surface area (Å²) < 4.78 is 5.04. The lowest BCUT2D eigenvalue weighted by Crippen LogP contribution is -2.14. The minimum Gasteiger partial charge on any atom is -0.459 e. The minimum atomic E-state index is -0.386. The van der Waals surface area contributed by atoms with Gasteiger partial charge in [0.25, 0.3) is 11.8 Å². The van der Waals surface area contributed by atoms with Crippen molar-refractivity contribution in [1.82, 2.24) is 0 Å². The van der Waals surface area contributed by atoms with Gasteiger partial charge >= 0.3 is 0 Å². The Morgan fingerprint density at radius 1 is 0.875 bits per heavy atom. The van der Waals surface area contributed by atoms with Gasteiger partial charge in [0.1, 0.15) is 0 Å². The van der Waals surface area contributed by atoms with E-state index in [9.17, 15) is 9.59 Å². The van der Waals surface area contributed by atoms with Crippen LogP contribution in [0.25, 0.3) is 0 Å². The monoisotopic (exact) mass is 340 g/mol. The van der Waals surface area contributed by atoms with Crippen molar-refractivity contribution in [2.75, 3.05) is 10.6 Å². The molecule has 2 aromatic carbocycles. The summed E-state index contributed by atoms with van der Waals surface area (Å²) in [6.07, 6.45) is 1.42. The number of anilines is 2. The second-order valence-corrected chi connectivity index (χ2v) is 5.35. The number of furan rings is 1. The topological polar surface area (TPSA) is 71.3 Å². The Bertz CT molecular complexity index is 861. The molecule has 0 aliphatic carbocycles. The first-order valence-corrected chi connectivity index (χ1v) is 7.52. The fourth-order valence-electron chi connectivity index (χ4n) is 2.08. The van der Waals surface area contributed by atoms with Gasteiger partial charge in [-0.05, 0) is 42.5 Å². The Kier molecular flexibility index (Phi) is 4.63. The third-order valence-electron chi connectivity index (χ3n) is 3.25. The molecule has 6 heteroatoms. The van der Waals surface area contributed by atoms with Gasteiger partial charge in [-0.15, -0.1) is 0 Å². The lowest BCUT2D eigenvalue weighted by molar-refractivity contribution is 0.0995. The van der Waals surface area contributed by atoms with Gasteiger partial charge in [-0.2, -0.15) is 0 Å². The Labute approximate surface area is 143 Å². The van der Waals surface area contributed by atoms with E-state index in [4.69, 9.17) is 16.0 Å². The number of hydrogen-bond donors (Lipinski definition) is 2. The third kappa shape index (κ3) is 3.64. The molecule has 5 nitrogen and oxygen atoms in total. The van der Waals surface area contributed by atoms with Crippen LogP contribution in [0.3, 0.4) is 0 Å². The zero-order chi connectivity index (χ0) is 16.9. The van der Waals surface area contributed by atoms with Gasteiger partial charge in [-0.1, -0.05) is 29.8 Å².